The molecule has 0 radical (unpaired) electrons. The molecule has 14 heavy (non-hydrogen) atoms. The van der Waals surface area contributed by atoms with Crippen LogP contribution in [0.4, 0.5) is 0 Å². The van der Waals surface area contributed by atoms with Crippen molar-refractivity contribution in [1.29, 1.82) is 0 Å². The summed E-state index contributed by atoms with van der Waals surface area (Å²) in [6.45, 7) is 14.1. The molecule has 1 rings (SSSR count). The van der Waals surface area contributed by atoms with Gasteiger partial charge in [-0.3, -0.25) is 9.80 Å². The normalized spacial score (nSPS) is 30.4. The smallest absolute Gasteiger partial charge is 0.0625 e. The first-order valence-electron chi connectivity index (χ1n) is 6.13. The topological polar surface area (TPSA) is 6.48 Å². The maximum atomic E-state index is 2.67. The zero-order valence-electron chi connectivity index (χ0n) is 10.5. The minimum absolute atomic E-state index is 0.684. The van der Waals surface area contributed by atoms with Crippen molar-refractivity contribution in [3.63, 3.8) is 0 Å². The van der Waals surface area contributed by atoms with Crippen LogP contribution in [0.15, 0.2) is 0 Å². The van der Waals surface area contributed by atoms with Crippen molar-refractivity contribution in [3.8, 4) is 0 Å². The average molecular weight is 198 g/mol. The van der Waals surface area contributed by atoms with Crippen molar-refractivity contribution >= 4 is 0 Å². The Morgan fingerprint density at radius 2 is 1.93 bits per heavy atom. The molecule has 0 N–H and O–H groups in total. The minimum atomic E-state index is 0.684. The highest BCUT2D eigenvalue weighted by molar-refractivity contribution is 4.88. The first-order chi connectivity index (χ1) is 6.61. The van der Waals surface area contributed by atoms with Crippen molar-refractivity contribution in [3.05, 3.63) is 0 Å². The molecule has 1 saturated heterocycles. The first-order valence-corrected chi connectivity index (χ1v) is 6.13. The van der Waals surface area contributed by atoms with Crippen LogP contribution < -0.4 is 0 Å². The van der Waals surface area contributed by atoms with Gasteiger partial charge in [-0.25, -0.2) is 0 Å². The largest absolute Gasteiger partial charge is 0.284 e. The lowest BCUT2D eigenvalue weighted by Crippen LogP contribution is -2.42. The summed E-state index contributed by atoms with van der Waals surface area (Å²) >= 11 is 0. The molecule has 0 aliphatic carbocycles. The van der Waals surface area contributed by atoms with Crippen LogP contribution in [-0.2, 0) is 0 Å². The second-order valence-corrected chi connectivity index (χ2v) is 4.77. The van der Waals surface area contributed by atoms with Crippen LogP contribution in [-0.4, -0.2) is 41.1 Å². The Morgan fingerprint density at radius 3 is 2.36 bits per heavy atom. The van der Waals surface area contributed by atoms with E-state index < -0.39 is 0 Å². The predicted molar refractivity (Wildman–Crippen MR) is 62.4 cm³/mol. The summed E-state index contributed by atoms with van der Waals surface area (Å²) in [6.07, 6.45) is 3.21. The van der Waals surface area contributed by atoms with Crippen molar-refractivity contribution in [2.75, 3.05) is 13.1 Å². The molecular formula is C12H26N2. The molecule has 0 saturated carbocycles. The number of rotatable bonds is 4. The van der Waals surface area contributed by atoms with Gasteiger partial charge in [0.05, 0.1) is 6.17 Å². The van der Waals surface area contributed by atoms with Crippen LogP contribution in [0.3, 0.4) is 0 Å². The van der Waals surface area contributed by atoms with Crippen LogP contribution in [0, 0.1) is 0 Å². The van der Waals surface area contributed by atoms with E-state index in [2.05, 4.69) is 44.4 Å². The zero-order valence-corrected chi connectivity index (χ0v) is 10.5. The van der Waals surface area contributed by atoms with Gasteiger partial charge in [-0.05, 0) is 40.2 Å². The Labute approximate surface area is 89.3 Å². The lowest BCUT2D eigenvalue weighted by molar-refractivity contribution is 0.0984. The zero-order chi connectivity index (χ0) is 10.7. The van der Waals surface area contributed by atoms with Crippen LogP contribution >= 0.6 is 0 Å². The van der Waals surface area contributed by atoms with E-state index in [1.54, 1.807) is 0 Å². The van der Waals surface area contributed by atoms with Gasteiger partial charge in [0, 0.05) is 18.6 Å². The summed E-state index contributed by atoms with van der Waals surface area (Å²) in [5.74, 6) is 0. The van der Waals surface area contributed by atoms with Crippen molar-refractivity contribution in [2.24, 2.45) is 0 Å². The van der Waals surface area contributed by atoms with Crippen molar-refractivity contribution in [1.82, 2.24) is 9.80 Å². The number of nitrogens with zero attached hydrogens (tertiary/aromatic N) is 2. The Kier molecular flexibility index (Phi) is 4.39. The second-order valence-electron chi connectivity index (χ2n) is 4.77. The molecule has 0 aromatic heterocycles. The third-order valence-electron chi connectivity index (χ3n) is 3.32. The van der Waals surface area contributed by atoms with E-state index in [1.807, 2.05) is 0 Å². The van der Waals surface area contributed by atoms with E-state index >= 15 is 0 Å². The monoisotopic (exact) mass is 198 g/mol. The summed E-state index contributed by atoms with van der Waals surface area (Å²) in [7, 11) is 0. The Bertz CT molecular complexity index is 168. The molecular weight excluding hydrogens is 172 g/mol. The summed E-state index contributed by atoms with van der Waals surface area (Å²) in [6, 6.07) is 1.42. The molecule has 1 unspecified atom stereocenters. The molecule has 1 aliphatic rings. The van der Waals surface area contributed by atoms with Gasteiger partial charge in [-0.15, -0.1) is 0 Å². The minimum Gasteiger partial charge on any atom is -0.284 e. The van der Waals surface area contributed by atoms with Crippen LogP contribution in [0.5, 0.6) is 0 Å². The highest BCUT2D eigenvalue weighted by Crippen LogP contribution is 2.24. The Hall–Kier alpha value is -0.0800. The maximum absolute atomic E-state index is 2.67. The van der Waals surface area contributed by atoms with Gasteiger partial charge < -0.3 is 0 Å². The first kappa shape index (κ1) is 12.0. The molecule has 2 atom stereocenters. The molecule has 2 heteroatoms. The van der Waals surface area contributed by atoms with Crippen LogP contribution in [0.25, 0.3) is 0 Å². The highest BCUT2D eigenvalue weighted by atomic mass is 15.4. The number of hydrogen-bond acceptors (Lipinski definition) is 2. The Balaban J connectivity index is 2.66. The predicted octanol–water partition coefficient (Wildman–Crippen LogP) is 2.55. The van der Waals surface area contributed by atoms with E-state index in [0.717, 1.165) is 6.04 Å². The maximum Gasteiger partial charge on any atom is 0.0625 e. The molecule has 0 amide bonds. The third kappa shape index (κ3) is 2.29. The van der Waals surface area contributed by atoms with Crippen LogP contribution in [0.1, 0.15) is 47.5 Å². The van der Waals surface area contributed by atoms with Gasteiger partial charge >= 0.3 is 0 Å². The molecule has 1 fully saturated rings. The lowest BCUT2D eigenvalue weighted by atomic mass is 10.2. The highest BCUT2D eigenvalue weighted by Gasteiger charge is 2.36. The quantitative estimate of drug-likeness (QED) is 0.685. The molecule has 0 bridgehead atoms. The fraction of sp³-hybridized carbons (Fsp3) is 1.00. The molecule has 0 aromatic carbocycles. The standard InChI is InChI=1S/C12H26N2/c1-6-8-13-11(5)9-14(10(3)4)12(13)7-2/h10-12H,6-9H2,1-5H3/t11-,12?/m0/s1. The van der Waals surface area contributed by atoms with Crippen molar-refractivity contribution in [2.45, 2.75) is 65.7 Å². The van der Waals surface area contributed by atoms with Crippen LogP contribution in [0.2, 0.25) is 0 Å². The Morgan fingerprint density at radius 1 is 1.29 bits per heavy atom. The average Bonchev–Trinajstić information content (AvgIpc) is 2.44. The van der Waals surface area contributed by atoms with Gasteiger partial charge in [-0.1, -0.05) is 13.8 Å². The lowest BCUT2D eigenvalue weighted by Gasteiger charge is -2.32. The third-order valence-corrected chi connectivity index (χ3v) is 3.32. The van der Waals surface area contributed by atoms with Gasteiger partial charge in [0.1, 0.15) is 0 Å². The van der Waals surface area contributed by atoms with E-state index in [9.17, 15) is 0 Å². The second kappa shape index (κ2) is 5.13. The van der Waals surface area contributed by atoms with Gasteiger partial charge in [0.2, 0.25) is 0 Å². The SMILES string of the molecule is CCCN1C(CC)N(C(C)C)C[C@@H]1C. The van der Waals surface area contributed by atoms with Gasteiger partial charge in [0.15, 0.2) is 0 Å². The van der Waals surface area contributed by atoms with Gasteiger partial charge in [0.25, 0.3) is 0 Å². The van der Waals surface area contributed by atoms with E-state index in [1.165, 1.54) is 25.9 Å². The van der Waals surface area contributed by atoms with Gasteiger partial charge in [-0.2, -0.15) is 0 Å². The molecule has 2 nitrogen and oxygen atoms in total. The van der Waals surface area contributed by atoms with E-state index in [-0.39, 0.29) is 0 Å². The van der Waals surface area contributed by atoms with Crippen molar-refractivity contribution < 1.29 is 0 Å². The molecule has 0 aromatic rings. The fourth-order valence-corrected chi connectivity index (χ4v) is 2.67. The summed E-state index contributed by atoms with van der Waals surface area (Å²) in [5.41, 5.74) is 0. The number of hydrogen-bond donors (Lipinski definition) is 0. The molecule has 0 spiro atoms. The van der Waals surface area contributed by atoms with E-state index in [4.69, 9.17) is 0 Å². The summed E-state index contributed by atoms with van der Waals surface area (Å²) in [4.78, 5) is 5.31. The van der Waals surface area contributed by atoms with E-state index in [0.29, 0.717) is 12.2 Å². The molecule has 84 valence electrons. The summed E-state index contributed by atoms with van der Waals surface area (Å²) in [5, 5.41) is 0. The fourth-order valence-electron chi connectivity index (χ4n) is 2.67. The summed E-state index contributed by atoms with van der Waals surface area (Å²) < 4.78 is 0. The molecule has 1 heterocycles. The molecule has 1 aliphatic heterocycles.